The van der Waals surface area contributed by atoms with Gasteiger partial charge in [0, 0.05) is 5.92 Å². The minimum absolute atomic E-state index is 0.347. The van der Waals surface area contributed by atoms with Crippen molar-refractivity contribution in [2.75, 3.05) is 0 Å². The largest absolute Gasteiger partial charge is 0.375 e. The highest BCUT2D eigenvalue weighted by molar-refractivity contribution is 5.21. The molecule has 1 aromatic rings. The van der Waals surface area contributed by atoms with Crippen molar-refractivity contribution in [3.05, 3.63) is 35.9 Å². The number of hydrogen-bond acceptors (Lipinski definition) is 1. The molecule has 2 atom stereocenters. The van der Waals surface area contributed by atoms with Crippen molar-refractivity contribution in [3.8, 4) is 0 Å². The Morgan fingerprint density at radius 1 is 1.13 bits per heavy atom. The van der Waals surface area contributed by atoms with E-state index in [1.165, 1.54) is 24.8 Å². The van der Waals surface area contributed by atoms with Gasteiger partial charge in [-0.3, -0.25) is 0 Å². The lowest BCUT2D eigenvalue weighted by Gasteiger charge is -2.22. The normalized spacial score (nSPS) is 26.1. The molecule has 1 aliphatic carbocycles. The zero-order valence-electron chi connectivity index (χ0n) is 9.65. The van der Waals surface area contributed by atoms with Crippen LogP contribution in [0.25, 0.3) is 0 Å². The molecule has 0 bridgehead atoms. The number of benzene rings is 1. The standard InChI is InChI=1S/C14H20O/c1-11(2)15-14-10-6-9-13(14)12-7-4-3-5-8-12/h3-5,7-8,11,13-14H,6,9-10H2,1-2H3/t13-,14+/m0/s1. The van der Waals surface area contributed by atoms with Gasteiger partial charge in [-0.1, -0.05) is 36.8 Å². The van der Waals surface area contributed by atoms with Crippen molar-refractivity contribution in [3.63, 3.8) is 0 Å². The predicted molar refractivity (Wildman–Crippen MR) is 63.0 cm³/mol. The van der Waals surface area contributed by atoms with E-state index in [-0.39, 0.29) is 0 Å². The average molecular weight is 204 g/mol. The van der Waals surface area contributed by atoms with Crippen LogP contribution in [0.15, 0.2) is 30.3 Å². The fourth-order valence-corrected chi connectivity index (χ4v) is 2.52. The second-order valence-corrected chi connectivity index (χ2v) is 4.67. The summed E-state index contributed by atoms with van der Waals surface area (Å²) in [5.74, 6) is 0.619. The van der Waals surface area contributed by atoms with Crippen LogP contribution in [0.2, 0.25) is 0 Å². The van der Waals surface area contributed by atoms with Crippen molar-refractivity contribution < 1.29 is 4.74 Å². The number of ether oxygens (including phenoxy) is 1. The van der Waals surface area contributed by atoms with Crippen LogP contribution in [0.3, 0.4) is 0 Å². The Labute approximate surface area is 92.5 Å². The van der Waals surface area contributed by atoms with E-state index in [2.05, 4.69) is 44.2 Å². The molecular formula is C14H20O. The first-order valence-electron chi connectivity index (χ1n) is 5.98. The van der Waals surface area contributed by atoms with Gasteiger partial charge in [-0.15, -0.1) is 0 Å². The predicted octanol–water partition coefficient (Wildman–Crippen LogP) is 3.75. The van der Waals surface area contributed by atoms with Crippen LogP contribution in [-0.2, 0) is 4.74 Å². The lowest BCUT2D eigenvalue weighted by Crippen LogP contribution is -2.20. The zero-order valence-corrected chi connectivity index (χ0v) is 9.65. The van der Waals surface area contributed by atoms with Gasteiger partial charge in [0.25, 0.3) is 0 Å². The van der Waals surface area contributed by atoms with E-state index < -0.39 is 0 Å². The third kappa shape index (κ3) is 2.60. The minimum Gasteiger partial charge on any atom is -0.375 e. The van der Waals surface area contributed by atoms with Crippen molar-refractivity contribution >= 4 is 0 Å². The summed E-state index contributed by atoms with van der Waals surface area (Å²) in [6.07, 6.45) is 4.59. The maximum absolute atomic E-state index is 5.98. The lowest BCUT2D eigenvalue weighted by atomic mass is 9.96. The zero-order chi connectivity index (χ0) is 10.7. The lowest BCUT2D eigenvalue weighted by molar-refractivity contribution is 0.00275. The second kappa shape index (κ2) is 4.80. The SMILES string of the molecule is CC(C)O[C@@H]1CCC[C@H]1c1ccccc1. The van der Waals surface area contributed by atoms with Crippen LogP contribution in [-0.4, -0.2) is 12.2 Å². The molecule has 0 amide bonds. The number of rotatable bonds is 3. The van der Waals surface area contributed by atoms with Gasteiger partial charge in [-0.2, -0.15) is 0 Å². The molecule has 0 heterocycles. The quantitative estimate of drug-likeness (QED) is 0.728. The third-order valence-corrected chi connectivity index (χ3v) is 3.13. The van der Waals surface area contributed by atoms with E-state index in [0.29, 0.717) is 18.1 Å². The molecule has 1 fully saturated rings. The molecule has 0 unspecified atom stereocenters. The molecule has 0 spiro atoms. The molecule has 1 aliphatic rings. The molecule has 0 saturated heterocycles. The summed E-state index contributed by atoms with van der Waals surface area (Å²) in [5.41, 5.74) is 1.45. The molecule has 15 heavy (non-hydrogen) atoms. The highest BCUT2D eigenvalue weighted by Crippen LogP contribution is 2.36. The summed E-state index contributed by atoms with van der Waals surface area (Å²) in [6.45, 7) is 4.25. The fraction of sp³-hybridized carbons (Fsp3) is 0.571. The summed E-state index contributed by atoms with van der Waals surface area (Å²) in [7, 11) is 0. The van der Waals surface area contributed by atoms with E-state index in [4.69, 9.17) is 4.74 Å². The van der Waals surface area contributed by atoms with Crippen molar-refractivity contribution in [1.29, 1.82) is 0 Å². The van der Waals surface area contributed by atoms with Gasteiger partial charge in [-0.25, -0.2) is 0 Å². The van der Waals surface area contributed by atoms with E-state index in [9.17, 15) is 0 Å². The maximum atomic E-state index is 5.98. The smallest absolute Gasteiger partial charge is 0.0647 e. The molecule has 0 N–H and O–H groups in total. The van der Waals surface area contributed by atoms with Crippen molar-refractivity contribution in [2.24, 2.45) is 0 Å². The topological polar surface area (TPSA) is 9.23 Å². The molecule has 1 aromatic carbocycles. The van der Waals surface area contributed by atoms with Gasteiger partial charge in [0.1, 0.15) is 0 Å². The van der Waals surface area contributed by atoms with Crippen LogP contribution in [0, 0.1) is 0 Å². The van der Waals surface area contributed by atoms with Gasteiger partial charge in [-0.05, 0) is 32.3 Å². The summed E-state index contributed by atoms with van der Waals surface area (Å²) in [5, 5.41) is 0. The first-order chi connectivity index (χ1) is 7.27. The molecule has 1 saturated carbocycles. The summed E-state index contributed by atoms with van der Waals surface area (Å²) in [6, 6.07) is 10.8. The van der Waals surface area contributed by atoms with E-state index in [1.54, 1.807) is 0 Å². The molecule has 82 valence electrons. The molecule has 0 aromatic heterocycles. The Morgan fingerprint density at radius 2 is 1.87 bits per heavy atom. The van der Waals surface area contributed by atoms with E-state index >= 15 is 0 Å². The van der Waals surface area contributed by atoms with Gasteiger partial charge < -0.3 is 4.74 Å². The van der Waals surface area contributed by atoms with E-state index in [0.717, 1.165) is 0 Å². The molecule has 0 aliphatic heterocycles. The average Bonchev–Trinajstić information content (AvgIpc) is 2.66. The maximum Gasteiger partial charge on any atom is 0.0647 e. The Morgan fingerprint density at radius 3 is 2.53 bits per heavy atom. The van der Waals surface area contributed by atoms with Crippen LogP contribution in [0.5, 0.6) is 0 Å². The first-order valence-corrected chi connectivity index (χ1v) is 5.98. The van der Waals surface area contributed by atoms with Crippen LogP contribution in [0.4, 0.5) is 0 Å². The van der Waals surface area contributed by atoms with Gasteiger partial charge in [0.2, 0.25) is 0 Å². The van der Waals surface area contributed by atoms with Gasteiger partial charge >= 0.3 is 0 Å². The van der Waals surface area contributed by atoms with E-state index in [1.807, 2.05) is 0 Å². The molecule has 1 nitrogen and oxygen atoms in total. The second-order valence-electron chi connectivity index (χ2n) is 4.67. The Kier molecular flexibility index (Phi) is 3.42. The summed E-state index contributed by atoms with van der Waals surface area (Å²) < 4.78 is 5.98. The Balaban J connectivity index is 2.08. The Bertz CT molecular complexity index is 291. The van der Waals surface area contributed by atoms with Crippen molar-refractivity contribution in [1.82, 2.24) is 0 Å². The van der Waals surface area contributed by atoms with Gasteiger partial charge in [0.05, 0.1) is 12.2 Å². The van der Waals surface area contributed by atoms with Crippen LogP contribution < -0.4 is 0 Å². The minimum atomic E-state index is 0.347. The molecule has 1 heteroatoms. The summed E-state index contributed by atoms with van der Waals surface area (Å²) in [4.78, 5) is 0. The van der Waals surface area contributed by atoms with Crippen LogP contribution >= 0.6 is 0 Å². The highest BCUT2D eigenvalue weighted by atomic mass is 16.5. The third-order valence-electron chi connectivity index (χ3n) is 3.13. The molecular weight excluding hydrogens is 184 g/mol. The number of hydrogen-bond donors (Lipinski definition) is 0. The summed E-state index contributed by atoms with van der Waals surface area (Å²) >= 11 is 0. The fourth-order valence-electron chi connectivity index (χ4n) is 2.52. The van der Waals surface area contributed by atoms with Crippen LogP contribution in [0.1, 0.15) is 44.6 Å². The Hall–Kier alpha value is -0.820. The first kappa shape index (κ1) is 10.7. The monoisotopic (exact) mass is 204 g/mol. The van der Waals surface area contributed by atoms with Gasteiger partial charge in [0.15, 0.2) is 0 Å². The molecule has 0 radical (unpaired) electrons. The van der Waals surface area contributed by atoms with Crippen molar-refractivity contribution in [2.45, 2.75) is 51.2 Å². The highest BCUT2D eigenvalue weighted by Gasteiger charge is 2.29. The molecule has 2 rings (SSSR count).